The van der Waals surface area contributed by atoms with E-state index in [-0.39, 0.29) is 5.91 Å². The molecule has 2 aromatic rings. The number of thiazole rings is 1. The van der Waals surface area contributed by atoms with Gasteiger partial charge in [0.25, 0.3) is 5.91 Å². The second-order valence-corrected chi connectivity index (χ2v) is 6.45. The zero-order valence-electron chi connectivity index (χ0n) is 12.3. The molecule has 0 radical (unpaired) electrons. The summed E-state index contributed by atoms with van der Waals surface area (Å²) in [7, 11) is 1.84. The van der Waals surface area contributed by atoms with Gasteiger partial charge < -0.3 is 10.2 Å². The Morgan fingerprint density at radius 3 is 3.10 bits per heavy atom. The van der Waals surface area contributed by atoms with E-state index in [1.807, 2.05) is 31.5 Å². The summed E-state index contributed by atoms with van der Waals surface area (Å²) >= 11 is 1.62. The fraction of sp³-hybridized carbons (Fsp3) is 0.375. The van der Waals surface area contributed by atoms with E-state index in [0.717, 1.165) is 35.8 Å². The maximum Gasteiger partial charge on any atom is 0.254 e. The summed E-state index contributed by atoms with van der Waals surface area (Å²) in [5, 5.41) is 6.40. The number of benzene rings is 1. The van der Waals surface area contributed by atoms with Crippen LogP contribution >= 0.6 is 11.3 Å². The minimum Gasteiger partial charge on any atom is -0.336 e. The highest BCUT2D eigenvalue weighted by Crippen LogP contribution is 2.20. The first-order valence-electron chi connectivity index (χ1n) is 7.13. The van der Waals surface area contributed by atoms with Crippen molar-refractivity contribution in [3.8, 4) is 0 Å². The molecule has 1 aromatic carbocycles. The number of hydrogen-bond donors (Lipinski definition) is 1. The second kappa shape index (κ2) is 5.95. The summed E-state index contributed by atoms with van der Waals surface area (Å²) in [6.07, 6.45) is 0.918. The molecule has 0 bridgehead atoms. The number of carbonyl (C=O) groups excluding carboxylic acids is 1. The van der Waals surface area contributed by atoms with Crippen molar-refractivity contribution in [2.45, 2.75) is 26.4 Å². The predicted molar refractivity (Wildman–Crippen MR) is 84.5 cm³/mol. The SMILES string of the molecule is Cc1nc(CN(C)C(=O)c2cccc3c2CCNC3)cs1. The Bertz CT molecular complexity index is 665. The molecular weight excluding hydrogens is 282 g/mol. The topological polar surface area (TPSA) is 45.2 Å². The number of aryl methyl sites for hydroxylation is 1. The minimum absolute atomic E-state index is 0.0828. The molecule has 0 fully saturated rings. The summed E-state index contributed by atoms with van der Waals surface area (Å²) in [6, 6.07) is 6.01. The molecule has 1 aliphatic rings. The van der Waals surface area contributed by atoms with Gasteiger partial charge in [-0.25, -0.2) is 4.98 Å². The number of rotatable bonds is 3. The Morgan fingerprint density at radius 2 is 2.33 bits per heavy atom. The number of nitrogens with one attached hydrogen (secondary N) is 1. The van der Waals surface area contributed by atoms with Crippen LogP contribution in [0.4, 0.5) is 0 Å². The molecule has 2 heterocycles. The third-order valence-electron chi connectivity index (χ3n) is 3.78. The van der Waals surface area contributed by atoms with E-state index in [9.17, 15) is 4.79 Å². The Kier molecular flexibility index (Phi) is 4.03. The monoisotopic (exact) mass is 301 g/mol. The van der Waals surface area contributed by atoms with E-state index in [2.05, 4.69) is 16.4 Å². The van der Waals surface area contributed by atoms with Gasteiger partial charge in [-0.1, -0.05) is 12.1 Å². The first-order chi connectivity index (χ1) is 10.1. The van der Waals surface area contributed by atoms with Crippen LogP contribution < -0.4 is 5.32 Å². The largest absolute Gasteiger partial charge is 0.336 e. The van der Waals surface area contributed by atoms with Crippen LogP contribution in [0.5, 0.6) is 0 Å². The lowest BCUT2D eigenvalue weighted by atomic mass is 9.95. The van der Waals surface area contributed by atoms with Crippen LogP contribution in [0.3, 0.4) is 0 Å². The third-order valence-corrected chi connectivity index (χ3v) is 4.61. The highest BCUT2D eigenvalue weighted by Gasteiger charge is 2.20. The van der Waals surface area contributed by atoms with Gasteiger partial charge in [-0.2, -0.15) is 0 Å². The molecule has 0 saturated carbocycles. The van der Waals surface area contributed by atoms with Gasteiger partial charge in [0.05, 0.1) is 17.2 Å². The summed E-state index contributed by atoms with van der Waals surface area (Å²) in [5.41, 5.74) is 4.23. The molecule has 0 spiro atoms. The Balaban J connectivity index is 1.81. The van der Waals surface area contributed by atoms with Crippen molar-refractivity contribution < 1.29 is 4.79 Å². The number of aromatic nitrogens is 1. The average Bonchev–Trinajstić information content (AvgIpc) is 2.91. The fourth-order valence-corrected chi connectivity index (χ4v) is 3.34. The van der Waals surface area contributed by atoms with E-state index >= 15 is 0 Å². The predicted octanol–water partition coefficient (Wildman–Crippen LogP) is 2.37. The van der Waals surface area contributed by atoms with Gasteiger partial charge in [0.2, 0.25) is 0 Å². The van der Waals surface area contributed by atoms with E-state index in [4.69, 9.17) is 0 Å². The molecule has 1 aliphatic heterocycles. The van der Waals surface area contributed by atoms with Crippen molar-refractivity contribution in [1.29, 1.82) is 0 Å². The zero-order valence-corrected chi connectivity index (χ0v) is 13.2. The normalized spacial score (nSPS) is 13.8. The smallest absolute Gasteiger partial charge is 0.254 e. The van der Waals surface area contributed by atoms with Gasteiger partial charge in [-0.05, 0) is 37.1 Å². The maximum absolute atomic E-state index is 12.7. The summed E-state index contributed by atoms with van der Waals surface area (Å²) in [6.45, 7) is 4.33. The summed E-state index contributed by atoms with van der Waals surface area (Å²) < 4.78 is 0. The van der Waals surface area contributed by atoms with Crippen LogP contribution in [-0.2, 0) is 19.5 Å². The van der Waals surface area contributed by atoms with Crippen LogP contribution in [0.15, 0.2) is 23.6 Å². The van der Waals surface area contributed by atoms with Crippen molar-refractivity contribution in [2.75, 3.05) is 13.6 Å². The molecule has 1 aromatic heterocycles. The summed E-state index contributed by atoms with van der Waals surface area (Å²) in [4.78, 5) is 18.9. The molecule has 1 N–H and O–H groups in total. The van der Waals surface area contributed by atoms with Crippen molar-refractivity contribution >= 4 is 17.2 Å². The van der Waals surface area contributed by atoms with Gasteiger partial charge in [0.15, 0.2) is 0 Å². The van der Waals surface area contributed by atoms with Crippen molar-refractivity contribution in [3.63, 3.8) is 0 Å². The molecule has 110 valence electrons. The van der Waals surface area contributed by atoms with E-state index in [1.165, 1.54) is 11.1 Å². The van der Waals surface area contributed by atoms with Crippen molar-refractivity contribution in [2.24, 2.45) is 0 Å². The molecule has 5 heteroatoms. The number of nitrogens with zero attached hydrogens (tertiary/aromatic N) is 2. The number of hydrogen-bond acceptors (Lipinski definition) is 4. The molecule has 1 amide bonds. The fourth-order valence-electron chi connectivity index (χ4n) is 2.73. The lowest BCUT2D eigenvalue weighted by Crippen LogP contribution is -2.30. The van der Waals surface area contributed by atoms with Gasteiger partial charge in [0, 0.05) is 24.5 Å². The number of carbonyl (C=O) groups is 1. The van der Waals surface area contributed by atoms with Gasteiger partial charge in [-0.3, -0.25) is 4.79 Å². The molecule has 3 rings (SSSR count). The first-order valence-corrected chi connectivity index (χ1v) is 8.01. The van der Waals surface area contributed by atoms with Crippen molar-refractivity contribution in [1.82, 2.24) is 15.2 Å². The molecular formula is C16H19N3OS. The average molecular weight is 301 g/mol. The van der Waals surface area contributed by atoms with Crippen molar-refractivity contribution in [3.05, 3.63) is 51.0 Å². The van der Waals surface area contributed by atoms with Crippen LogP contribution in [0.25, 0.3) is 0 Å². The molecule has 0 saturated heterocycles. The highest BCUT2D eigenvalue weighted by atomic mass is 32.1. The standard InChI is InChI=1S/C16H19N3OS/c1-11-18-13(10-21-11)9-19(2)16(20)15-5-3-4-12-8-17-7-6-14(12)15/h3-5,10,17H,6-9H2,1-2H3. The third kappa shape index (κ3) is 2.99. The lowest BCUT2D eigenvalue weighted by Gasteiger charge is -2.23. The number of amides is 1. The van der Waals surface area contributed by atoms with Gasteiger partial charge >= 0.3 is 0 Å². The molecule has 0 atom stereocenters. The van der Waals surface area contributed by atoms with E-state index in [1.54, 1.807) is 16.2 Å². The zero-order chi connectivity index (χ0) is 14.8. The van der Waals surface area contributed by atoms with Gasteiger partial charge in [0.1, 0.15) is 0 Å². The second-order valence-electron chi connectivity index (χ2n) is 5.39. The lowest BCUT2D eigenvalue weighted by molar-refractivity contribution is 0.0782. The quantitative estimate of drug-likeness (QED) is 0.946. The van der Waals surface area contributed by atoms with E-state index < -0.39 is 0 Å². The van der Waals surface area contributed by atoms with Gasteiger partial charge in [-0.15, -0.1) is 11.3 Å². The van der Waals surface area contributed by atoms with Crippen LogP contribution in [0.2, 0.25) is 0 Å². The minimum atomic E-state index is 0.0828. The molecule has 0 unspecified atom stereocenters. The van der Waals surface area contributed by atoms with Crippen LogP contribution in [0.1, 0.15) is 32.2 Å². The van der Waals surface area contributed by atoms with Crippen LogP contribution in [-0.4, -0.2) is 29.4 Å². The molecule has 21 heavy (non-hydrogen) atoms. The van der Waals surface area contributed by atoms with Crippen LogP contribution in [0, 0.1) is 6.92 Å². The summed E-state index contributed by atoms with van der Waals surface area (Å²) in [5.74, 6) is 0.0828. The molecule has 0 aliphatic carbocycles. The van der Waals surface area contributed by atoms with E-state index in [0.29, 0.717) is 6.54 Å². The Labute approximate surface area is 128 Å². The number of fused-ring (bicyclic) bond motifs is 1. The molecule has 4 nitrogen and oxygen atoms in total. The Morgan fingerprint density at radius 1 is 1.48 bits per heavy atom. The highest BCUT2D eigenvalue weighted by molar-refractivity contribution is 7.09. The maximum atomic E-state index is 12.7. The Hall–Kier alpha value is -1.72. The first kappa shape index (κ1) is 14.2.